The van der Waals surface area contributed by atoms with Crippen LogP contribution in [-0.2, 0) is 51.4 Å². The van der Waals surface area contributed by atoms with Gasteiger partial charge in [-0.15, -0.1) is 0 Å². The molecule has 8 rings (SSSR count). The summed E-state index contributed by atoms with van der Waals surface area (Å²) in [6.45, 7) is 46.5. The number of pyridine rings is 1. The smallest absolute Gasteiger partial charge is 0.0299 e. The summed E-state index contributed by atoms with van der Waals surface area (Å²) in [6, 6.07) is 69.3. The van der Waals surface area contributed by atoms with Gasteiger partial charge in [0.15, 0.2) is 0 Å². The Balaban J connectivity index is -0.000000934. The number of aryl methyl sites for hydroxylation is 5. The summed E-state index contributed by atoms with van der Waals surface area (Å²) < 4.78 is 0. The van der Waals surface area contributed by atoms with E-state index in [-0.39, 0.29) is 22.3 Å². The number of rotatable bonds is 16. The molecule has 0 aliphatic heterocycles. The summed E-state index contributed by atoms with van der Waals surface area (Å²) in [5.41, 5.74) is 18.2. The quantitative estimate of drug-likeness (QED) is 0.0940. The van der Waals surface area contributed by atoms with E-state index in [4.69, 9.17) is 0 Å². The van der Waals surface area contributed by atoms with E-state index in [1.807, 2.05) is 18.5 Å². The van der Waals surface area contributed by atoms with Crippen molar-refractivity contribution in [3.05, 3.63) is 279 Å². The maximum Gasteiger partial charge on any atom is 0.0299 e. The number of benzene rings is 7. The second-order valence-corrected chi connectivity index (χ2v) is 27.0. The van der Waals surface area contributed by atoms with Crippen molar-refractivity contribution >= 4 is 0 Å². The topological polar surface area (TPSA) is 12.9 Å². The molecule has 0 aliphatic rings. The minimum Gasteiger partial charge on any atom is -0.264 e. The lowest BCUT2D eigenvalue weighted by atomic mass is 10.0. The number of aromatic nitrogens is 1. The van der Waals surface area contributed by atoms with Crippen LogP contribution in [0.4, 0.5) is 0 Å². The number of hydrogen-bond acceptors (Lipinski definition) is 1. The lowest BCUT2D eigenvalue weighted by Gasteiger charge is -2.04. The predicted octanol–water partition coefficient (Wildman–Crippen LogP) is 25.9. The second kappa shape index (κ2) is 51.6. The molecule has 1 aromatic heterocycles. The van der Waals surface area contributed by atoms with Crippen LogP contribution in [-0.4, -0.2) is 4.98 Å². The first kappa shape index (κ1) is 85.9. The lowest BCUT2D eigenvalue weighted by molar-refractivity contribution is 0.645. The normalized spacial score (nSPS) is 10.1. The molecule has 0 amide bonds. The molecule has 1 nitrogen and oxygen atoms in total. The maximum absolute atomic E-state index is 4.04. The fourth-order valence-corrected chi connectivity index (χ4v) is 9.14. The largest absolute Gasteiger partial charge is 0.264 e. The monoisotopic (exact) mass is 1190 g/mol. The third kappa shape index (κ3) is 49.7. The molecule has 8 aromatic rings. The maximum atomic E-state index is 4.04. The summed E-state index contributed by atoms with van der Waals surface area (Å²) in [7, 11) is 0. The molecule has 1 heterocycles. The molecular formula is C87H133N. The van der Waals surface area contributed by atoms with Crippen molar-refractivity contribution in [3.63, 3.8) is 0 Å². The number of hydrogen-bond donors (Lipinski definition) is 0. The van der Waals surface area contributed by atoms with E-state index in [0.29, 0.717) is 0 Å². The van der Waals surface area contributed by atoms with Crippen LogP contribution in [0, 0.1) is 82.0 Å². The van der Waals surface area contributed by atoms with Crippen molar-refractivity contribution in [1.82, 2.24) is 4.98 Å². The molecular weight excluding hydrogens is 1060 g/mol. The first-order valence-electron chi connectivity index (χ1n) is 32.5. The molecule has 0 radical (unpaired) electrons. The molecule has 0 bridgehead atoms. The van der Waals surface area contributed by atoms with Crippen LogP contribution in [0.5, 0.6) is 0 Å². The van der Waals surface area contributed by atoms with E-state index in [2.05, 4.69) is 338 Å². The molecule has 0 spiro atoms. The van der Waals surface area contributed by atoms with E-state index in [0.717, 1.165) is 53.8 Å². The van der Waals surface area contributed by atoms with Crippen LogP contribution in [0.3, 0.4) is 0 Å². The predicted molar refractivity (Wildman–Crippen MR) is 402 cm³/mol. The third-order valence-corrected chi connectivity index (χ3v) is 13.2. The highest BCUT2D eigenvalue weighted by atomic mass is 14.6. The van der Waals surface area contributed by atoms with E-state index >= 15 is 0 Å². The zero-order valence-electron chi connectivity index (χ0n) is 57.9. The van der Waals surface area contributed by atoms with E-state index < -0.39 is 0 Å². The fourth-order valence-electron chi connectivity index (χ4n) is 9.14. The summed E-state index contributed by atoms with van der Waals surface area (Å²) >= 11 is 0. The van der Waals surface area contributed by atoms with E-state index in [1.165, 1.54) is 117 Å². The van der Waals surface area contributed by atoms with Crippen molar-refractivity contribution in [2.75, 3.05) is 0 Å². The Morgan fingerprint density at radius 1 is 0.205 bits per heavy atom. The van der Waals surface area contributed by atoms with Crippen molar-refractivity contribution < 1.29 is 0 Å². The molecule has 0 atom stereocenters. The summed E-state index contributed by atoms with van der Waals surface area (Å²) in [6.07, 6.45) is 13.2. The Labute approximate surface area is 547 Å². The highest BCUT2D eigenvalue weighted by Gasteiger charge is 2.01. The molecule has 0 aliphatic carbocycles. The summed E-state index contributed by atoms with van der Waals surface area (Å²) in [5.74, 6) is 6.07. The Bertz CT molecular complexity index is 2340. The van der Waals surface area contributed by atoms with Crippen molar-refractivity contribution in [1.29, 1.82) is 0 Å². The molecule has 0 unspecified atom stereocenters. The highest BCUT2D eigenvalue weighted by Crippen LogP contribution is 2.14. The molecule has 7 aromatic carbocycles. The number of nitrogens with zero attached hydrogens (tertiary/aromatic N) is 1. The summed E-state index contributed by atoms with van der Waals surface area (Å²) in [5, 5.41) is 0. The second-order valence-electron chi connectivity index (χ2n) is 27.0. The SMILES string of the molecule is C.C.C.CC(C)Cc1ccccc1.CC(C)Cc1ccccc1.CC(C)Cc1cccnc1.Cc1ccc(CC(C)C)cc1.Cc1ccc(CC(C)C)cc1.Cc1ccc(CC(C)C)cc1.Cc1ccc(CC(C)C)cc1.Cc1ccc(CC(C)C)cc1. The standard InChI is InChI=1S/5C11H16.2C10H14.C9H13N.3CH4/c5*1-9(2)8-11-6-4-10(3)5-7-11;2*1-9(2)8-10-6-4-3-5-7-10;1-8(2)6-9-4-3-5-10-7-9;;;/h5*4-7,9H,8H2,1-3H3;2*3-7,9H,8H2,1-2H3;3-5,7-8H,6H2,1-2H3;3*1H4. The third-order valence-electron chi connectivity index (χ3n) is 13.2. The molecule has 0 N–H and O–H groups in total. The first-order valence-corrected chi connectivity index (χ1v) is 32.5. The van der Waals surface area contributed by atoms with Crippen LogP contribution in [0.25, 0.3) is 0 Å². The van der Waals surface area contributed by atoms with Gasteiger partial charge >= 0.3 is 0 Å². The van der Waals surface area contributed by atoms with Crippen LogP contribution < -0.4 is 0 Å². The fraction of sp³-hybridized carbons (Fsp3) is 0.460. The van der Waals surface area contributed by atoms with Crippen molar-refractivity contribution in [3.8, 4) is 0 Å². The molecule has 0 saturated heterocycles. The zero-order valence-corrected chi connectivity index (χ0v) is 57.9. The van der Waals surface area contributed by atoms with Crippen LogP contribution >= 0.6 is 0 Å². The molecule has 88 heavy (non-hydrogen) atoms. The van der Waals surface area contributed by atoms with E-state index in [1.54, 1.807) is 0 Å². The van der Waals surface area contributed by atoms with Gasteiger partial charge in [0, 0.05) is 12.4 Å². The zero-order chi connectivity index (χ0) is 63.5. The molecule has 486 valence electrons. The van der Waals surface area contributed by atoms with Gasteiger partial charge in [-0.1, -0.05) is 349 Å². The van der Waals surface area contributed by atoms with E-state index in [9.17, 15) is 0 Å². The average Bonchev–Trinajstić information content (AvgIpc) is 3.58. The van der Waals surface area contributed by atoms with Crippen LogP contribution in [0.15, 0.2) is 207 Å². The van der Waals surface area contributed by atoms with Gasteiger partial charge in [-0.05, 0) is 184 Å². The van der Waals surface area contributed by atoms with Crippen molar-refractivity contribution in [2.45, 2.75) is 219 Å². The minimum atomic E-state index is 0. The average molecular weight is 1190 g/mol. The lowest BCUT2D eigenvalue weighted by Crippen LogP contribution is -1.93. The Hall–Kier alpha value is -6.31. The Kier molecular flexibility index (Phi) is 50.3. The van der Waals surface area contributed by atoms with Gasteiger partial charge in [-0.3, -0.25) is 4.98 Å². The highest BCUT2D eigenvalue weighted by molar-refractivity contribution is 5.25. The first-order chi connectivity index (χ1) is 40.3. The van der Waals surface area contributed by atoms with Gasteiger partial charge in [-0.25, -0.2) is 0 Å². The van der Waals surface area contributed by atoms with Gasteiger partial charge in [-0.2, -0.15) is 0 Å². The Morgan fingerprint density at radius 3 is 0.523 bits per heavy atom. The van der Waals surface area contributed by atoms with Crippen molar-refractivity contribution in [2.24, 2.45) is 47.3 Å². The van der Waals surface area contributed by atoms with Gasteiger partial charge < -0.3 is 0 Å². The van der Waals surface area contributed by atoms with Gasteiger partial charge in [0.25, 0.3) is 0 Å². The molecule has 0 fully saturated rings. The Morgan fingerprint density at radius 2 is 0.364 bits per heavy atom. The minimum absolute atomic E-state index is 0. The molecule has 0 saturated carbocycles. The molecule has 1 heteroatoms. The van der Waals surface area contributed by atoms with Crippen LogP contribution in [0.2, 0.25) is 0 Å². The van der Waals surface area contributed by atoms with Crippen LogP contribution in [0.1, 0.15) is 205 Å². The van der Waals surface area contributed by atoms with Gasteiger partial charge in [0.1, 0.15) is 0 Å². The summed E-state index contributed by atoms with van der Waals surface area (Å²) in [4.78, 5) is 4.04. The van der Waals surface area contributed by atoms with Gasteiger partial charge in [0.05, 0.1) is 0 Å². The van der Waals surface area contributed by atoms with Gasteiger partial charge in [0.2, 0.25) is 0 Å².